The van der Waals surface area contributed by atoms with E-state index in [1.165, 1.54) is 0 Å². The van der Waals surface area contributed by atoms with E-state index in [0.717, 1.165) is 11.3 Å². The first kappa shape index (κ1) is 16.2. The fourth-order valence-electron chi connectivity index (χ4n) is 1.82. The number of rotatable bonds is 8. The molecule has 0 aliphatic carbocycles. The third kappa shape index (κ3) is 6.32. The second-order valence-electron chi connectivity index (χ2n) is 4.59. The SMILES string of the molecule is COCCN(CCC#N)CC(=O)Nc1cccc(C)c1. The van der Waals surface area contributed by atoms with E-state index in [9.17, 15) is 4.79 Å². The quantitative estimate of drug-likeness (QED) is 0.785. The number of nitrogens with one attached hydrogen (secondary N) is 1. The molecule has 1 N–H and O–H groups in total. The number of benzene rings is 1. The van der Waals surface area contributed by atoms with Gasteiger partial charge in [-0.25, -0.2) is 0 Å². The number of anilines is 1. The predicted molar refractivity (Wildman–Crippen MR) is 78.4 cm³/mol. The van der Waals surface area contributed by atoms with Crippen LogP contribution in [0.15, 0.2) is 24.3 Å². The zero-order valence-electron chi connectivity index (χ0n) is 12.1. The molecule has 0 spiro atoms. The van der Waals surface area contributed by atoms with Crippen molar-refractivity contribution in [3.8, 4) is 6.07 Å². The standard InChI is InChI=1S/C15H21N3O2/c1-13-5-3-6-14(11-13)17-15(19)12-18(8-4-7-16)9-10-20-2/h3,5-6,11H,4,8-10,12H2,1-2H3,(H,17,19). The summed E-state index contributed by atoms with van der Waals surface area (Å²) in [4.78, 5) is 13.9. The van der Waals surface area contributed by atoms with Crippen molar-refractivity contribution < 1.29 is 9.53 Å². The molecule has 0 fully saturated rings. The maximum atomic E-state index is 12.0. The number of hydrogen-bond acceptors (Lipinski definition) is 4. The van der Waals surface area contributed by atoms with Crippen molar-refractivity contribution in [2.45, 2.75) is 13.3 Å². The highest BCUT2D eigenvalue weighted by atomic mass is 16.5. The number of methoxy groups -OCH3 is 1. The molecule has 0 bridgehead atoms. The lowest BCUT2D eigenvalue weighted by Crippen LogP contribution is -2.36. The summed E-state index contributed by atoms with van der Waals surface area (Å²) in [6.07, 6.45) is 0.404. The van der Waals surface area contributed by atoms with E-state index in [2.05, 4.69) is 11.4 Å². The Labute approximate surface area is 120 Å². The minimum absolute atomic E-state index is 0.0790. The average molecular weight is 275 g/mol. The summed E-state index contributed by atoms with van der Waals surface area (Å²) in [6, 6.07) is 9.76. The van der Waals surface area contributed by atoms with Crippen LogP contribution >= 0.6 is 0 Å². The molecule has 5 nitrogen and oxygen atoms in total. The Kier molecular flexibility index (Phi) is 7.33. The maximum absolute atomic E-state index is 12.0. The Morgan fingerprint density at radius 2 is 2.25 bits per heavy atom. The Morgan fingerprint density at radius 3 is 2.90 bits per heavy atom. The summed E-state index contributed by atoms with van der Waals surface area (Å²) in [7, 11) is 1.62. The van der Waals surface area contributed by atoms with E-state index in [-0.39, 0.29) is 12.5 Å². The molecule has 0 saturated heterocycles. The minimum atomic E-state index is -0.0790. The summed E-state index contributed by atoms with van der Waals surface area (Å²) < 4.78 is 5.01. The van der Waals surface area contributed by atoms with Gasteiger partial charge in [-0.05, 0) is 24.6 Å². The van der Waals surface area contributed by atoms with Crippen LogP contribution in [0.2, 0.25) is 0 Å². The van der Waals surface area contributed by atoms with Crippen molar-refractivity contribution in [2.24, 2.45) is 0 Å². The normalized spacial score (nSPS) is 10.3. The van der Waals surface area contributed by atoms with Crippen LogP contribution < -0.4 is 5.32 Å². The minimum Gasteiger partial charge on any atom is -0.383 e. The monoisotopic (exact) mass is 275 g/mol. The number of ether oxygens (including phenoxy) is 1. The molecule has 1 rings (SSSR count). The van der Waals surface area contributed by atoms with Gasteiger partial charge in [0.05, 0.1) is 19.2 Å². The Hall–Kier alpha value is -1.90. The lowest BCUT2D eigenvalue weighted by Gasteiger charge is -2.20. The molecule has 0 aliphatic rings. The lowest BCUT2D eigenvalue weighted by atomic mass is 10.2. The van der Waals surface area contributed by atoms with E-state index < -0.39 is 0 Å². The highest BCUT2D eigenvalue weighted by Gasteiger charge is 2.10. The first-order valence-electron chi connectivity index (χ1n) is 6.60. The number of hydrogen-bond donors (Lipinski definition) is 1. The highest BCUT2D eigenvalue weighted by Crippen LogP contribution is 2.09. The maximum Gasteiger partial charge on any atom is 0.238 e. The number of aryl methyl sites for hydroxylation is 1. The third-order valence-corrected chi connectivity index (χ3v) is 2.82. The van der Waals surface area contributed by atoms with Crippen molar-refractivity contribution in [1.29, 1.82) is 5.26 Å². The fraction of sp³-hybridized carbons (Fsp3) is 0.467. The van der Waals surface area contributed by atoms with Crippen LogP contribution in [0.5, 0.6) is 0 Å². The molecule has 0 saturated carbocycles. The molecule has 5 heteroatoms. The second kappa shape index (κ2) is 9.08. The number of carbonyl (C=O) groups excluding carboxylic acids is 1. The molecule has 0 radical (unpaired) electrons. The molecule has 0 aromatic heterocycles. The van der Waals surface area contributed by atoms with Crippen molar-refractivity contribution in [3.05, 3.63) is 29.8 Å². The second-order valence-corrected chi connectivity index (χ2v) is 4.59. The lowest BCUT2D eigenvalue weighted by molar-refractivity contribution is -0.117. The fourth-order valence-corrected chi connectivity index (χ4v) is 1.82. The van der Waals surface area contributed by atoms with Gasteiger partial charge in [-0.1, -0.05) is 12.1 Å². The molecule has 0 unspecified atom stereocenters. The van der Waals surface area contributed by atoms with Gasteiger partial charge in [0.15, 0.2) is 0 Å². The molecule has 1 amide bonds. The first-order chi connectivity index (χ1) is 9.65. The summed E-state index contributed by atoms with van der Waals surface area (Å²) in [5.74, 6) is -0.0790. The summed E-state index contributed by atoms with van der Waals surface area (Å²) in [6.45, 7) is 4.00. The average Bonchev–Trinajstić information content (AvgIpc) is 2.41. The molecule has 0 atom stereocenters. The summed E-state index contributed by atoms with van der Waals surface area (Å²) >= 11 is 0. The van der Waals surface area contributed by atoms with Crippen LogP contribution in [-0.4, -0.2) is 44.2 Å². The molecular formula is C15H21N3O2. The topological polar surface area (TPSA) is 65.4 Å². The zero-order valence-corrected chi connectivity index (χ0v) is 12.1. The van der Waals surface area contributed by atoms with Gasteiger partial charge >= 0.3 is 0 Å². The number of nitriles is 1. The molecule has 0 aliphatic heterocycles. The van der Waals surface area contributed by atoms with E-state index >= 15 is 0 Å². The summed E-state index contributed by atoms with van der Waals surface area (Å²) in [5, 5.41) is 11.5. The Balaban J connectivity index is 2.50. The number of carbonyl (C=O) groups is 1. The number of amides is 1. The van der Waals surface area contributed by atoms with Gasteiger partial charge in [-0.3, -0.25) is 9.69 Å². The molecule has 1 aromatic rings. The van der Waals surface area contributed by atoms with Crippen molar-refractivity contribution in [1.82, 2.24) is 4.90 Å². The van der Waals surface area contributed by atoms with Crippen molar-refractivity contribution in [3.63, 3.8) is 0 Å². The van der Waals surface area contributed by atoms with Gasteiger partial charge in [0.1, 0.15) is 0 Å². The van der Waals surface area contributed by atoms with E-state index in [1.807, 2.05) is 36.1 Å². The van der Waals surface area contributed by atoms with Gasteiger partial charge in [-0.15, -0.1) is 0 Å². The zero-order chi connectivity index (χ0) is 14.8. The van der Waals surface area contributed by atoms with Crippen LogP contribution in [0.25, 0.3) is 0 Å². The van der Waals surface area contributed by atoms with Crippen LogP contribution in [0.3, 0.4) is 0 Å². The smallest absolute Gasteiger partial charge is 0.238 e. The Morgan fingerprint density at radius 1 is 1.45 bits per heavy atom. The van der Waals surface area contributed by atoms with Crippen LogP contribution in [0, 0.1) is 18.3 Å². The van der Waals surface area contributed by atoms with Crippen LogP contribution in [-0.2, 0) is 9.53 Å². The third-order valence-electron chi connectivity index (χ3n) is 2.82. The van der Waals surface area contributed by atoms with E-state index in [4.69, 9.17) is 10.00 Å². The van der Waals surface area contributed by atoms with E-state index in [1.54, 1.807) is 7.11 Å². The Bertz CT molecular complexity index is 468. The van der Waals surface area contributed by atoms with Gasteiger partial charge in [0, 0.05) is 32.3 Å². The molecule has 20 heavy (non-hydrogen) atoms. The van der Waals surface area contributed by atoms with Gasteiger partial charge in [-0.2, -0.15) is 5.26 Å². The summed E-state index contributed by atoms with van der Waals surface area (Å²) in [5.41, 5.74) is 1.89. The molecule has 108 valence electrons. The van der Waals surface area contributed by atoms with Crippen molar-refractivity contribution >= 4 is 11.6 Å². The van der Waals surface area contributed by atoms with Gasteiger partial charge in [0.25, 0.3) is 0 Å². The number of nitrogens with zero attached hydrogens (tertiary/aromatic N) is 2. The van der Waals surface area contributed by atoms with Crippen molar-refractivity contribution in [2.75, 3.05) is 38.7 Å². The van der Waals surface area contributed by atoms with Gasteiger partial charge in [0.2, 0.25) is 5.91 Å². The highest BCUT2D eigenvalue weighted by molar-refractivity contribution is 5.92. The van der Waals surface area contributed by atoms with Gasteiger partial charge < -0.3 is 10.1 Å². The van der Waals surface area contributed by atoms with Crippen LogP contribution in [0.4, 0.5) is 5.69 Å². The molecule has 0 heterocycles. The van der Waals surface area contributed by atoms with Crippen LogP contribution in [0.1, 0.15) is 12.0 Å². The molecule has 1 aromatic carbocycles. The first-order valence-corrected chi connectivity index (χ1v) is 6.60. The molecular weight excluding hydrogens is 254 g/mol. The van der Waals surface area contributed by atoms with E-state index in [0.29, 0.717) is 26.1 Å². The predicted octanol–water partition coefficient (Wildman–Crippen LogP) is 1.80. The largest absolute Gasteiger partial charge is 0.383 e.